The molecule has 1 fully saturated rings. The van der Waals surface area contributed by atoms with Gasteiger partial charge in [0.1, 0.15) is 22.3 Å². The summed E-state index contributed by atoms with van der Waals surface area (Å²) in [5.41, 5.74) is -0.108. The molecule has 0 atom stereocenters. The Balaban J connectivity index is 3.43. The first kappa shape index (κ1) is 14.0. The van der Waals surface area contributed by atoms with E-state index in [1.54, 1.807) is 0 Å². The molecule has 0 N–H and O–H groups in total. The molecular formula is C14H30NO+. The minimum atomic E-state index is -0.129. The van der Waals surface area contributed by atoms with Crippen LogP contribution < -0.4 is 0 Å². The van der Waals surface area contributed by atoms with Gasteiger partial charge < -0.3 is 9.22 Å². The zero-order valence-electron chi connectivity index (χ0n) is 12.9. The Morgan fingerprint density at radius 2 is 0.875 bits per heavy atom. The van der Waals surface area contributed by atoms with Crippen LogP contribution in [0.5, 0.6) is 0 Å². The SMILES string of the molecule is CC1(C)OC(C)(C)C(C)(C)[N+](C)(C)C1(C)C. The van der Waals surface area contributed by atoms with Crippen LogP contribution in [-0.2, 0) is 4.74 Å². The second-order valence-corrected chi connectivity index (χ2v) is 7.69. The van der Waals surface area contributed by atoms with E-state index in [0.717, 1.165) is 4.48 Å². The second-order valence-electron chi connectivity index (χ2n) is 7.69. The van der Waals surface area contributed by atoms with Crippen molar-refractivity contribution >= 4 is 0 Å². The fourth-order valence-electron chi connectivity index (χ4n) is 2.93. The van der Waals surface area contributed by atoms with Gasteiger partial charge in [0.05, 0.1) is 14.1 Å². The molecule has 1 aliphatic rings. The van der Waals surface area contributed by atoms with Gasteiger partial charge in [0.25, 0.3) is 0 Å². The molecule has 0 unspecified atom stereocenters. The van der Waals surface area contributed by atoms with E-state index in [1.807, 2.05) is 0 Å². The fourth-order valence-corrected chi connectivity index (χ4v) is 2.93. The van der Waals surface area contributed by atoms with Crippen LogP contribution in [-0.4, -0.2) is 40.9 Å². The summed E-state index contributed by atoms with van der Waals surface area (Å²) in [4.78, 5) is 0. The molecule has 96 valence electrons. The molecule has 0 bridgehead atoms. The Morgan fingerprint density at radius 3 is 1.12 bits per heavy atom. The third-order valence-electron chi connectivity index (χ3n) is 6.25. The molecule has 0 aromatic carbocycles. The summed E-state index contributed by atoms with van der Waals surface area (Å²) in [6.45, 7) is 18.1. The highest BCUT2D eigenvalue weighted by Gasteiger charge is 2.67. The van der Waals surface area contributed by atoms with Crippen LogP contribution in [0, 0.1) is 0 Å². The quantitative estimate of drug-likeness (QED) is 0.579. The molecule has 0 amide bonds. The van der Waals surface area contributed by atoms with Crippen LogP contribution in [0.3, 0.4) is 0 Å². The van der Waals surface area contributed by atoms with Crippen LogP contribution in [0.4, 0.5) is 0 Å². The van der Waals surface area contributed by atoms with Gasteiger partial charge in [-0.1, -0.05) is 0 Å². The van der Waals surface area contributed by atoms with E-state index in [0.29, 0.717) is 0 Å². The smallest absolute Gasteiger partial charge is 0.122 e. The van der Waals surface area contributed by atoms with E-state index in [4.69, 9.17) is 4.74 Å². The molecule has 0 radical (unpaired) electrons. The van der Waals surface area contributed by atoms with Crippen molar-refractivity contribution in [2.24, 2.45) is 0 Å². The highest BCUT2D eigenvalue weighted by atomic mass is 16.5. The summed E-state index contributed by atoms with van der Waals surface area (Å²) in [5.74, 6) is 0. The number of hydrogen-bond donors (Lipinski definition) is 0. The van der Waals surface area contributed by atoms with Gasteiger partial charge in [-0.05, 0) is 55.4 Å². The molecular weight excluding hydrogens is 198 g/mol. The lowest BCUT2D eigenvalue weighted by atomic mass is 9.69. The number of likely N-dealkylation sites (N-methyl/N-ethyl adjacent to an activating group) is 1. The van der Waals surface area contributed by atoms with Gasteiger partial charge in [0.15, 0.2) is 0 Å². The maximum absolute atomic E-state index is 6.41. The van der Waals surface area contributed by atoms with Crippen LogP contribution in [0.2, 0.25) is 0 Å². The van der Waals surface area contributed by atoms with Crippen molar-refractivity contribution in [3.63, 3.8) is 0 Å². The van der Waals surface area contributed by atoms with Crippen molar-refractivity contribution in [1.82, 2.24) is 0 Å². The Morgan fingerprint density at radius 1 is 0.625 bits per heavy atom. The molecule has 0 spiro atoms. The van der Waals surface area contributed by atoms with Crippen LogP contribution in [0.25, 0.3) is 0 Å². The maximum Gasteiger partial charge on any atom is 0.122 e. The lowest BCUT2D eigenvalue weighted by Crippen LogP contribution is -2.83. The summed E-state index contributed by atoms with van der Waals surface area (Å²) in [6.07, 6.45) is 0. The van der Waals surface area contributed by atoms with Gasteiger partial charge in [-0.2, -0.15) is 0 Å². The predicted molar refractivity (Wildman–Crippen MR) is 69.5 cm³/mol. The molecule has 2 heteroatoms. The lowest BCUT2D eigenvalue weighted by Gasteiger charge is -2.68. The monoisotopic (exact) mass is 228 g/mol. The number of nitrogens with zero attached hydrogens (tertiary/aromatic N) is 1. The summed E-state index contributed by atoms with van der Waals surface area (Å²) >= 11 is 0. The molecule has 1 heterocycles. The highest BCUT2D eigenvalue weighted by molar-refractivity contribution is 5.04. The summed E-state index contributed by atoms with van der Waals surface area (Å²) in [5, 5.41) is 0. The van der Waals surface area contributed by atoms with E-state index in [9.17, 15) is 0 Å². The average molecular weight is 228 g/mol. The van der Waals surface area contributed by atoms with E-state index < -0.39 is 0 Å². The minimum Gasteiger partial charge on any atom is -0.357 e. The molecule has 0 aliphatic carbocycles. The topological polar surface area (TPSA) is 9.23 Å². The van der Waals surface area contributed by atoms with Crippen molar-refractivity contribution < 1.29 is 9.22 Å². The van der Waals surface area contributed by atoms with E-state index >= 15 is 0 Å². The largest absolute Gasteiger partial charge is 0.357 e. The van der Waals surface area contributed by atoms with Gasteiger partial charge in [0.2, 0.25) is 0 Å². The zero-order valence-corrected chi connectivity index (χ0v) is 12.9. The van der Waals surface area contributed by atoms with Crippen molar-refractivity contribution in [3.8, 4) is 0 Å². The maximum atomic E-state index is 6.41. The Kier molecular flexibility index (Phi) is 2.64. The summed E-state index contributed by atoms with van der Waals surface area (Å²) in [7, 11) is 4.65. The third-order valence-corrected chi connectivity index (χ3v) is 6.25. The van der Waals surface area contributed by atoms with Gasteiger partial charge in [-0.3, -0.25) is 0 Å². The zero-order chi connectivity index (χ0) is 13.2. The van der Waals surface area contributed by atoms with Crippen LogP contribution in [0.1, 0.15) is 55.4 Å². The number of morpholine rings is 1. The van der Waals surface area contributed by atoms with Crippen molar-refractivity contribution in [3.05, 3.63) is 0 Å². The number of rotatable bonds is 0. The highest BCUT2D eigenvalue weighted by Crippen LogP contribution is 2.52. The number of quaternary nitrogens is 1. The summed E-state index contributed by atoms with van der Waals surface area (Å²) < 4.78 is 7.37. The predicted octanol–water partition coefficient (Wildman–Crippen LogP) is 3.21. The van der Waals surface area contributed by atoms with Crippen molar-refractivity contribution in [1.29, 1.82) is 0 Å². The second kappa shape index (κ2) is 3.02. The first-order valence-electron chi connectivity index (χ1n) is 6.25. The lowest BCUT2D eigenvalue weighted by molar-refractivity contribution is -1.01. The standard InChI is InChI=1S/C14H30NO/c1-11(2)13(5,6)16-14(7,8)12(3,4)15(11,9)10/h1-10H3/q+1. The Labute approximate surface area is 102 Å². The Bertz CT molecular complexity index is 270. The van der Waals surface area contributed by atoms with E-state index in [-0.39, 0.29) is 22.3 Å². The van der Waals surface area contributed by atoms with Crippen molar-refractivity contribution in [2.45, 2.75) is 77.7 Å². The summed E-state index contributed by atoms with van der Waals surface area (Å²) in [6, 6.07) is 0. The molecule has 0 aromatic heterocycles. The van der Waals surface area contributed by atoms with Gasteiger partial charge in [-0.25, -0.2) is 0 Å². The fraction of sp³-hybridized carbons (Fsp3) is 1.00. The Hall–Kier alpha value is -0.0800. The molecule has 16 heavy (non-hydrogen) atoms. The third kappa shape index (κ3) is 1.32. The molecule has 1 aliphatic heterocycles. The average Bonchev–Trinajstić information content (AvgIpc) is 1.98. The minimum absolute atomic E-state index is 0.0754. The van der Waals surface area contributed by atoms with E-state index in [1.165, 1.54) is 0 Å². The first-order valence-corrected chi connectivity index (χ1v) is 6.25. The molecule has 1 rings (SSSR count). The molecule has 0 aromatic rings. The van der Waals surface area contributed by atoms with Crippen LogP contribution in [0.15, 0.2) is 0 Å². The first-order chi connectivity index (χ1) is 6.71. The normalized spacial score (nSPS) is 33.4. The molecule has 0 saturated carbocycles. The number of hydrogen-bond acceptors (Lipinski definition) is 1. The van der Waals surface area contributed by atoms with Gasteiger partial charge in [0, 0.05) is 0 Å². The van der Waals surface area contributed by atoms with E-state index in [2.05, 4.69) is 69.5 Å². The van der Waals surface area contributed by atoms with Crippen molar-refractivity contribution in [2.75, 3.05) is 14.1 Å². The van der Waals surface area contributed by atoms with Gasteiger partial charge >= 0.3 is 0 Å². The number of ether oxygens (including phenoxy) is 1. The molecule has 2 nitrogen and oxygen atoms in total. The van der Waals surface area contributed by atoms with Crippen LogP contribution >= 0.6 is 0 Å². The van der Waals surface area contributed by atoms with Gasteiger partial charge in [-0.15, -0.1) is 0 Å². The molecule has 1 saturated heterocycles.